The minimum absolute atomic E-state index is 0.466. The first-order valence-electron chi connectivity index (χ1n) is 7.68. The smallest absolute Gasteiger partial charge is 0.103 e. The van der Waals surface area contributed by atoms with Crippen LogP contribution in [0.25, 0.3) is 0 Å². The lowest BCUT2D eigenvalue weighted by atomic mass is 9.99. The van der Waals surface area contributed by atoms with Gasteiger partial charge < -0.3 is 14.5 Å². The van der Waals surface area contributed by atoms with E-state index in [-0.39, 0.29) is 0 Å². The van der Waals surface area contributed by atoms with Crippen molar-refractivity contribution >= 4 is 0 Å². The zero-order chi connectivity index (χ0) is 13.5. The molecule has 1 N–H and O–H groups in total. The van der Waals surface area contributed by atoms with Gasteiger partial charge in [-0.25, -0.2) is 0 Å². The van der Waals surface area contributed by atoms with Crippen molar-refractivity contribution in [1.82, 2.24) is 5.32 Å². The van der Waals surface area contributed by atoms with Gasteiger partial charge in [0.25, 0.3) is 0 Å². The highest BCUT2D eigenvalue weighted by molar-refractivity contribution is 4.98. The van der Waals surface area contributed by atoms with Gasteiger partial charge in [0.15, 0.2) is 0 Å². The summed E-state index contributed by atoms with van der Waals surface area (Å²) >= 11 is 0. The van der Waals surface area contributed by atoms with E-state index >= 15 is 0 Å². The molecule has 1 aliphatic rings. The van der Waals surface area contributed by atoms with E-state index in [1.807, 2.05) is 6.07 Å². The molecule has 0 radical (unpaired) electrons. The van der Waals surface area contributed by atoms with Crippen molar-refractivity contribution in [1.29, 1.82) is 0 Å². The lowest BCUT2D eigenvalue weighted by molar-refractivity contribution is -0.00482. The number of nitrogens with one attached hydrogen (secondary N) is 1. The van der Waals surface area contributed by atoms with Crippen LogP contribution in [0.5, 0.6) is 0 Å². The van der Waals surface area contributed by atoms with Crippen LogP contribution < -0.4 is 5.32 Å². The maximum absolute atomic E-state index is 5.79. The third kappa shape index (κ3) is 5.00. The Bertz CT molecular complexity index is 335. The van der Waals surface area contributed by atoms with Gasteiger partial charge in [-0.2, -0.15) is 0 Å². The van der Waals surface area contributed by atoms with E-state index in [1.165, 1.54) is 19.3 Å². The second-order valence-electron chi connectivity index (χ2n) is 5.69. The van der Waals surface area contributed by atoms with Crippen LogP contribution in [0.2, 0.25) is 0 Å². The van der Waals surface area contributed by atoms with Gasteiger partial charge in [-0.3, -0.25) is 0 Å². The lowest BCUT2D eigenvalue weighted by Crippen LogP contribution is -2.43. The maximum atomic E-state index is 5.79. The Morgan fingerprint density at radius 1 is 1.47 bits per heavy atom. The molecule has 3 unspecified atom stereocenters. The molecule has 1 aromatic rings. The van der Waals surface area contributed by atoms with E-state index < -0.39 is 0 Å². The molecule has 0 aromatic carbocycles. The number of hydrogen-bond donors (Lipinski definition) is 1. The highest BCUT2D eigenvalue weighted by Crippen LogP contribution is 2.18. The van der Waals surface area contributed by atoms with Gasteiger partial charge in [0, 0.05) is 25.1 Å². The van der Waals surface area contributed by atoms with Crippen LogP contribution in [0.1, 0.15) is 51.7 Å². The first-order valence-corrected chi connectivity index (χ1v) is 7.68. The van der Waals surface area contributed by atoms with Crippen molar-refractivity contribution < 1.29 is 9.15 Å². The molecule has 2 rings (SSSR count). The molecule has 0 spiro atoms. The topological polar surface area (TPSA) is 34.4 Å². The minimum Gasteiger partial charge on any atom is -0.469 e. The van der Waals surface area contributed by atoms with Gasteiger partial charge in [0.1, 0.15) is 5.76 Å². The summed E-state index contributed by atoms with van der Waals surface area (Å²) < 4.78 is 11.2. The van der Waals surface area contributed by atoms with Gasteiger partial charge in [0.2, 0.25) is 0 Å². The van der Waals surface area contributed by atoms with E-state index in [2.05, 4.69) is 25.2 Å². The Morgan fingerprint density at radius 2 is 2.37 bits per heavy atom. The monoisotopic (exact) mass is 265 g/mol. The van der Waals surface area contributed by atoms with E-state index in [1.54, 1.807) is 6.26 Å². The molecular weight excluding hydrogens is 238 g/mol. The molecule has 0 bridgehead atoms. The van der Waals surface area contributed by atoms with E-state index in [0.717, 1.165) is 31.6 Å². The second-order valence-corrected chi connectivity index (χ2v) is 5.69. The largest absolute Gasteiger partial charge is 0.469 e. The summed E-state index contributed by atoms with van der Waals surface area (Å²) in [6.07, 6.45) is 9.08. The first kappa shape index (κ1) is 14.6. The number of furan rings is 1. The van der Waals surface area contributed by atoms with E-state index in [0.29, 0.717) is 18.2 Å². The molecule has 0 amide bonds. The summed E-state index contributed by atoms with van der Waals surface area (Å²) in [5, 5.41) is 3.75. The lowest BCUT2D eigenvalue weighted by Gasteiger charge is -2.32. The summed E-state index contributed by atoms with van der Waals surface area (Å²) in [7, 11) is 0. The van der Waals surface area contributed by atoms with Gasteiger partial charge >= 0.3 is 0 Å². The number of ether oxygens (including phenoxy) is 1. The fourth-order valence-electron chi connectivity index (χ4n) is 2.85. The quantitative estimate of drug-likeness (QED) is 0.819. The summed E-state index contributed by atoms with van der Waals surface area (Å²) in [4.78, 5) is 0. The molecule has 3 atom stereocenters. The Balaban J connectivity index is 1.67. The van der Waals surface area contributed by atoms with Crippen molar-refractivity contribution in [2.24, 2.45) is 0 Å². The standard InChI is InChI=1S/C16H27NO2/c1-3-5-16-12-14(9-11-19-16)17-13(2)7-8-15-6-4-10-18-15/h4,6,10,13-14,16-17H,3,5,7-9,11-12H2,1-2H3. The molecule has 19 heavy (non-hydrogen) atoms. The van der Waals surface area contributed by atoms with Crippen LogP contribution in [0, 0.1) is 0 Å². The maximum Gasteiger partial charge on any atom is 0.103 e. The fourth-order valence-corrected chi connectivity index (χ4v) is 2.85. The normalized spacial score (nSPS) is 25.4. The zero-order valence-corrected chi connectivity index (χ0v) is 12.2. The summed E-state index contributed by atoms with van der Waals surface area (Å²) in [5.74, 6) is 1.09. The third-order valence-corrected chi connectivity index (χ3v) is 3.90. The molecule has 2 heterocycles. The first-order chi connectivity index (χ1) is 9.28. The molecular formula is C16H27NO2. The van der Waals surface area contributed by atoms with Gasteiger partial charge in [-0.05, 0) is 44.7 Å². The highest BCUT2D eigenvalue weighted by Gasteiger charge is 2.22. The molecule has 1 aliphatic heterocycles. The number of aryl methyl sites for hydroxylation is 1. The van der Waals surface area contributed by atoms with Crippen LogP contribution >= 0.6 is 0 Å². The SMILES string of the molecule is CCCC1CC(NC(C)CCc2ccco2)CCO1. The van der Waals surface area contributed by atoms with Crippen LogP contribution in [0.15, 0.2) is 22.8 Å². The average Bonchev–Trinajstić information content (AvgIpc) is 2.90. The molecule has 3 nitrogen and oxygen atoms in total. The Kier molecular flexibility index (Phi) is 5.93. The molecule has 0 aliphatic carbocycles. The van der Waals surface area contributed by atoms with Gasteiger partial charge in [0.05, 0.1) is 12.4 Å². The van der Waals surface area contributed by atoms with Crippen LogP contribution in [-0.4, -0.2) is 24.8 Å². The fraction of sp³-hybridized carbons (Fsp3) is 0.750. The molecule has 1 saturated heterocycles. The molecule has 108 valence electrons. The van der Waals surface area contributed by atoms with Crippen LogP contribution in [-0.2, 0) is 11.2 Å². The third-order valence-electron chi connectivity index (χ3n) is 3.90. The van der Waals surface area contributed by atoms with Crippen molar-refractivity contribution in [3.05, 3.63) is 24.2 Å². The number of hydrogen-bond acceptors (Lipinski definition) is 3. The highest BCUT2D eigenvalue weighted by atomic mass is 16.5. The van der Waals surface area contributed by atoms with Crippen molar-refractivity contribution in [2.75, 3.05) is 6.61 Å². The zero-order valence-electron chi connectivity index (χ0n) is 12.2. The molecule has 3 heteroatoms. The summed E-state index contributed by atoms with van der Waals surface area (Å²) in [6.45, 7) is 5.41. The van der Waals surface area contributed by atoms with Crippen molar-refractivity contribution in [2.45, 2.75) is 70.6 Å². The Morgan fingerprint density at radius 3 is 3.11 bits per heavy atom. The van der Waals surface area contributed by atoms with Crippen molar-refractivity contribution in [3.8, 4) is 0 Å². The van der Waals surface area contributed by atoms with Crippen LogP contribution in [0.3, 0.4) is 0 Å². The van der Waals surface area contributed by atoms with Crippen molar-refractivity contribution in [3.63, 3.8) is 0 Å². The Labute approximate surface area is 116 Å². The molecule has 0 saturated carbocycles. The summed E-state index contributed by atoms with van der Waals surface area (Å²) in [6, 6.07) is 5.17. The predicted octanol–water partition coefficient (Wildman–Crippen LogP) is 3.54. The van der Waals surface area contributed by atoms with E-state index in [9.17, 15) is 0 Å². The van der Waals surface area contributed by atoms with Gasteiger partial charge in [-0.15, -0.1) is 0 Å². The van der Waals surface area contributed by atoms with Gasteiger partial charge in [-0.1, -0.05) is 13.3 Å². The molecule has 1 aromatic heterocycles. The Hall–Kier alpha value is -0.800. The summed E-state index contributed by atoms with van der Waals surface area (Å²) in [5.41, 5.74) is 0. The van der Waals surface area contributed by atoms with E-state index in [4.69, 9.17) is 9.15 Å². The van der Waals surface area contributed by atoms with Crippen LogP contribution in [0.4, 0.5) is 0 Å². The second kappa shape index (κ2) is 7.71. The predicted molar refractivity (Wildman–Crippen MR) is 77.3 cm³/mol. The minimum atomic E-state index is 0.466. The average molecular weight is 265 g/mol. The number of rotatable bonds is 7. The molecule has 1 fully saturated rings.